The number of halogens is 4. The van der Waals surface area contributed by atoms with Gasteiger partial charge in [-0.25, -0.2) is 17.6 Å². The molecular formula is C24H25F4NO2. The van der Waals surface area contributed by atoms with Crippen LogP contribution in [0.15, 0.2) is 42.5 Å². The molecule has 1 saturated carbocycles. The molecule has 1 heterocycles. The van der Waals surface area contributed by atoms with E-state index in [1.807, 2.05) is 30.3 Å². The van der Waals surface area contributed by atoms with Crippen molar-refractivity contribution < 1.29 is 27.1 Å². The smallest absolute Gasteiger partial charge is 0.248 e. The highest BCUT2D eigenvalue weighted by Crippen LogP contribution is 2.37. The predicted octanol–water partition coefficient (Wildman–Crippen LogP) is 5.51. The average Bonchev–Trinajstić information content (AvgIpc) is 3.10. The molecule has 2 aliphatic rings. The topological polar surface area (TPSA) is 29.5 Å². The summed E-state index contributed by atoms with van der Waals surface area (Å²) in [5.41, 5.74) is 0.743. The quantitative estimate of drug-likeness (QED) is 0.560. The van der Waals surface area contributed by atoms with Gasteiger partial charge in [-0.3, -0.25) is 4.79 Å². The van der Waals surface area contributed by atoms with Gasteiger partial charge in [-0.2, -0.15) is 0 Å². The molecule has 31 heavy (non-hydrogen) atoms. The SMILES string of the molecule is O=C1C(Cc2c(F)cc(OCc3ccccc3)cc2F)CCN1C1CCC(F)(F)CC1. The number of amides is 1. The highest BCUT2D eigenvalue weighted by Gasteiger charge is 2.42. The Kier molecular flexibility index (Phi) is 6.21. The van der Waals surface area contributed by atoms with Crippen LogP contribution < -0.4 is 4.74 Å². The first-order valence-corrected chi connectivity index (χ1v) is 10.7. The lowest BCUT2D eigenvalue weighted by Gasteiger charge is -2.34. The lowest BCUT2D eigenvalue weighted by Crippen LogP contribution is -2.42. The first kappa shape index (κ1) is 21.7. The van der Waals surface area contributed by atoms with Crippen molar-refractivity contribution in [3.05, 3.63) is 65.2 Å². The van der Waals surface area contributed by atoms with Crippen LogP contribution in [0.5, 0.6) is 5.75 Å². The van der Waals surface area contributed by atoms with E-state index in [2.05, 4.69) is 0 Å². The minimum atomic E-state index is -2.66. The van der Waals surface area contributed by atoms with Crippen molar-refractivity contribution in [1.82, 2.24) is 4.90 Å². The largest absolute Gasteiger partial charge is 0.489 e. The summed E-state index contributed by atoms with van der Waals surface area (Å²) in [4.78, 5) is 14.4. The van der Waals surface area contributed by atoms with Crippen molar-refractivity contribution in [3.63, 3.8) is 0 Å². The molecule has 2 aromatic carbocycles. The summed E-state index contributed by atoms with van der Waals surface area (Å²) < 4.78 is 61.6. The van der Waals surface area contributed by atoms with E-state index < -0.39 is 23.5 Å². The maximum atomic E-state index is 14.6. The second-order valence-electron chi connectivity index (χ2n) is 8.45. The molecule has 0 radical (unpaired) electrons. The van der Waals surface area contributed by atoms with Crippen molar-refractivity contribution in [2.75, 3.05) is 6.54 Å². The van der Waals surface area contributed by atoms with Gasteiger partial charge in [0, 0.05) is 49.0 Å². The number of hydrogen-bond donors (Lipinski definition) is 0. The van der Waals surface area contributed by atoms with Crippen LogP contribution >= 0.6 is 0 Å². The van der Waals surface area contributed by atoms with Crippen molar-refractivity contribution in [1.29, 1.82) is 0 Å². The van der Waals surface area contributed by atoms with Gasteiger partial charge in [0.1, 0.15) is 24.0 Å². The highest BCUT2D eigenvalue weighted by molar-refractivity contribution is 5.81. The third-order valence-electron chi connectivity index (χ3n) is 6.29. The number of rotatable bonds is 6. The first-order valence-electron chi connectivity index (χ1n) is 10.7. The van der Waals surface area contributed by atoms with Gasteiger partial charge in [-0.1, -0.05) is 30.3 Å². The zero-order valence-electron chi connectivity index (χ0n) is 17.1. The second-order valence-corrected chi connectivity index (χ2v) is 8.45. The van der Waals surface area contributed by atoms with Crippen molar-refractivity contribution >= 4 is 5.91 Å². The van der Waals surface area contributed by atoms with Gasteiger partial charge in [0.25, 0.3) is 0 Å². The van der Waals surface area contributed by atoms with E-state index in [9.17, 15) is 22.4 Å². The number of nitrogens with zero attached hydrogens (tertiary/aromatic N) is 1. The number of carbonyl (C=O) groups is 1. The van der Waals surface area contributed by atoms with Crippen LogP contribution in [-0.4, -0.2) is 29.3 Å². The molecule has 2 aromatic rings. The first-order chi connectivity index (χ1) is 14.8. The molecule has 3 nitrogen and oxygen atoms in total. The van der Waals surface area contributed by atoms with Crippen LogP contribution in [-0.2, 0) is 17.8 Å². The number of benzene rings is 2. The lowest BCUT2D eigenvalue weighted by molar-refractivity contribution is -0.135. The average molecular weight is 435 g/mol. The zero-order valence-corrected chi connectivity index (χ0v) is 17.1. The van der Waals surface area contributed by atoms with Crippen molar-refractivity contribution in [3.8, 4) is 5.75 Å². The Bertz CT molecular complexity index is 901. The Morgan fingerprint density at radius 3 is 2.29 bits per heavy atom. The zero-order chi connectivity index (χ0) is 22.0. The summed E-state index contributed by atoms with van der Waals surface area (Å²) in [6, 6.07) is 11.3. The summed E-state index contributed by atoms with van der Waals surface area (Å²) in [6.45, 7) is 0.636. The molecule has 0 spiro atoms. The van der Waals surface area contributed by atoms with E-state index >= 15 is 0 Å². The summed E-state index contributed by atoms with van der Waals surface area (Å²) in [6.07, 6.45) is 0.509. The van der Waals surface area contributed by atoms with E-state index in [0.29, 0.717) is 13.0 Å². The maximum absolute atomic E-state index is 14.6. The number of hydrogen-bond acceptors (Lipinski definition) is 2. The number of carbonyl (C=O) groups excluding carboxylic acids is 1. The number of likely N-dealkylation sites (tertiary alicyclic amines) is 1. The fraction of sp³-hybridized carbons (Fsp3) is 0.458. The number of alkyl halides is 2. The molecule has 1 aliphatic heterocycles. The summed E-state index contributed by atoms with van der Waals surface area (Å²) in [5.74, 6) is -4.79. The molecule has 1 aliphatic carbocycles. The Labute approximate surface area is 179 Å². The summed E-state index contributed by atoms with van der Waals surface area (Å²) in [5, 5.41) is 0. The van der Waals surface area contributed by atoms with Crippen molar-refractivity contribution in [2.24, 2.45) is 5.92 Å². The molecule has 1 unspecified atom stereocenters. The Hall–Kier alpha value is -2.57. The molecule has 0 aromatic heterocycles. The van der Waals surface area contributed by atoms with Gasteiger partial charge in [0.2, 0.25) is 11.8 Å². The van der Waals surface area contributed by atoms with Crippen LogP contribution in [0.1, 0.15) is 43.2 Å². The fourth-order valence-corrected chi connectivity index (χ4v) is 4.50. The molecule has 0 bridgehead atoms. The fourth-order valence-electron chi connectivity index (χ4n) is 4.50. The predicted molar refractivity (Wildman–Crippen MR) is 108 cm³/mol. The molecule has 0 N–H and O–H groups in total. The molecule has 1 saturated heterocycles. The van der Waals surface area contributed by atoms with Crippen molar-refractivity contribution in [2.45, 2.75) is 57.1 Å². The van der Waals surface area contributed by atoms with Gasteiger partial charge >= 0.3 is 0 Å². The van der Waals surface area contributed by atoms with Crippen LogP contribution in [0.4, 0.5) is 17.6 Å². The van der Waals surface area contributed by atoms with Crippen LogP contribution in [0.3, 0.4) is 0 Å². The van der Waals surface area contributed by atoms with E-state index in [-0.39, 0.29) is 62.0 Å². The van der Waals surface area contributed by atoms with E-state index in [1.165, 1.54) is 0 Å². The maximum Gasteiger partial charge on any atom is 0.248 e. The van der Waals surface area contributed by atoms with Crippen LogP contribution in [0.2, 0.25) is 0 Å². The molecule has 1 atom stereocenters. The van der Waals surface area contributed by atoms with Gasteiger partial charge in [-0.15, -0.1) is 0 Å². The monoisotopic (exact) mass is 435 g/mol. The minimum Gasteiger partial charge on any atom is -0.489 e. The lowest BCUT2D eigenvalue weighted by atomic mass is 9.91. The normalized spacial score (nSPS) is 21.5. The molecule has 166 valence electrons. The van der Waals surface area contributed by atoms with E-state index in [0.717, 1.165) is 17.7 Å². The number of ether oxygens (including phenoxy) is 1. The Morgan fingerprint density at radius 2 is 1.65 bits per heavy atom. The molecule has 2 fully saturated rings. The second kappa shape index (κ2) is 8.89. The van der Waals surface area contributed by atoms with E-state index in [4.69, 9.17) is 4.74 Å². The molecule has 1 amide bonds. The third kappa shape index (κ3) is 5.02. The van der Waals surface area contributed by atoms with Gasteiger partial charge in [0.05, 0.1) is 0 Å². The summed E-state index contributed by atoms with van der Waals surface area (Å²) >= 11 is 0. The Morgan fingerprint density at radius 1 is 1.00 bits per heavy atom. The van der Waals surface area contributed by atoms with E-state index in [1.54, 1.807) is 4.90 Å². The minimum absolute atomic E-state index is 0.0468. The summed E-state index contributed by atoms with van der Waals surface area (Å²) in [7, 11) is 0. The van der Waals surface area contributed by atoms with Gasteiger partial charge < -0.3 is 9.64 Å². The molecule has 4 rings (SSSR count). The molecule has 7 heteroatoms. The van der Waals surface area contributed by atoms with Crippen LogP contribution in [0.25, 0.3) is 0 Å². The van der Waals surface area contributed by atoms with Crippen LogP contribution in [0, 0.1) is 17.6 Å². The molecular weight excluding hydrogens is 410 g/mol. The van der Waals surface area contributed by atoms with Gasteiger partial charge in [0.15, 0.2) is 0 Å². The standard InChI is InChI=1S/C24H25F4NO2/c25-21-13-19(31-15-16-4-2-1-3-5-16)14-22(26)20(21)12-17-8-11-29(23(17)30)18-6-9-24(27,28)10-7-18/h1-5,13-14,17-18H,6-12,15H2. The third-order valence-corrected chi connectivity index (χ3v) is 6.29. The Balaban J connectivity index is 1.38. The van der Waals surface area contributed by atoms with Gasteiger partial charge in [-0.05, 0) is 31.2 Å². The highest BCUT2D eigenvalue weighted by atomic mass is 19.3.